The highest BCUT2D eigenvalue weighted by molar-refractivity contribution is 5.80. The number of nitrogens with one attached hydrogen (secondary N) is 1. The van der Waals surface area contributed by atoms with Crippen molar-refractivity contribution in [3.05, 3.63) is 0 Å². The molecule has 0 aromatic rings. The molecule has 3 saturated heterocycles. The van der Waals surface area contributed by atoms with E-state index in [9.17, 15) is 30.6 Å². The van der Waals surface area contributed by atoms with Crippen LogP contribution in [-0.4, -0.2) is 91.0 Å². The SMILES string of the molecule is NC1=N[C@H](O)[C@@H]2[C@H]3O[C@]4(O)O[C@H]([C@H](O)[C@@]2(N1)[C@@H]4O)[C@@]3(O)CO. The van der Waals surface area contributed by atoms with E-state index in [4.69, 9.17) is 15.2 Å². The Kier molecular flexibility index (Phi) is 2.57. The highest BCUT2D eigenvalue weighted by Crippen LogP contribution is 2.58. The van der Waals surface area contributed by atoms with Gasteiger partial charge in [0.25, 0.3) is 0 Å². The van der Waals surface area contributed by atoms with Crippen LogP contribution in [0.3, 0.4) is 0 Å². The van der Waals surface area contributed by atoms with Gasteiger partial charge in [-0.05, 0) is 0 Å². The van der Waals surface area contributed by atoms with Crippen LogP contribution in [0.25, 0.3) is 0 Å². The fraction of sp³-hybridized carbons (Fsp3) is 0.909. The lowest BCUT2D eigenvalue weighted by atomic mass is 9.55. The topological polar surface area (TPSA) is 190 Å². The van der Waals surface area contributed by atoms with Crippen molar-refractivity contribution < 1.29 is 40.1 Å². The molecule has 5 rings (SSSR count). The van der Waals surface area contributed by atoms with Crippen LogP contribution in [0.5, 0.6) is 0 Å². The number of aliphatic imine (C=N–C) groups is 1. The summed E-state index contributed by atoms with van der Waals surface area (Å²) in [6.45, 7) is -0.857. The van der Waals surface area contributed by atoms with E-state index in [0.717, 1.165) is 0 Å². The number of aliphatic hydroxyl groups excluding tert-OH is 4. The van der Waals surface area contributed by atoms with Gasteiger partial charge in [-0.3, -0.25) is 0 Å². The molecule has 9 N–H and O–H groups in total. The number of ether oxygens (including phenoxy) is 2. The summed E-state index contributed by atoms with van der Waals surface area (Å²) in [6.07, 6.45) is -7.77. The minimum absolute atomic E-state index is 0.250. The first kappa shape index (κ1) is 14.5. The maximum atomic E-state index is 10.6. The largest absolute Gasteiger partial charge is 0.393 e. The Bertz CT molecular complexity index is 561. The molecule has 4 heterocycles. The van der Waals surface area contributed by atoms with Crippen molar-refractivity contribution in [1.82, 2.24) is 5.32 Å². The normalized spacial score (nSPS) is 62.4. The molecule has 0 aromatic heterocycles. The molecule has 1 spiro atoms. The minimum atomic E-state index is -2.52. The standard InChI is InChI=1S/C11H17N3O8/c12-8-13-6(17)2-4-9(19,1-15)5-3(16)10(2,14-8)7(18)11(20,21-4)22-5/h2-7,15-20H,1H2,(H3,12,13,14)/t2-,3-,4+,5+,6+,7-,9+,10+,11-/m0/s1. The number of hydrogen-bond acceptors (Lipinski definition) is 11. The second kappa shape index (κ2) is 3.88. The molecule has 9 atom stereocenters. The molecule has 1 aliphatic carbocycles. The molecule has 4 fully saturated rings. The van der Waals surface area contributed by atoms with Crippen molar-refractivity contribution in [2.45, 2.75) is 47.8 Å². The molecule has 0 unspecified atom stereocenters. The monoisotopic (exact) mass is 319 g/mol. The Hall–Kier alpha value is -1.05. The van der Waals surface area contributed by atoms with Crippen molar-refractivity contribution in [3.63, 3.8) is 0 Å². The van der Waals surface area contributed by atoms with E-state index in [2.05, 4.69) is 10.3 Å². The molecule has 0 amide bonds. The van der Waals surface area contributed by atoms with E-state index in [1.807, 2.05) is 0 Å². The molecular formula is C11H17N3O8. The number of rotatable bonds is 1. The predicted octanol–water partition coefficient (Wildman–Crippen LogP) is -5.52. The number of nitrogens with zero attached hydrogens (tertiary/aromatic N) is 1. The average molecular weight is 319 g/mol. The quantitative estimate of drug-likeness (QED) is 0.231. The molecule has 1 saturated carbocycles. The zero-order valence-corrected chi connectivity index (χ0v) is 11.2. The maximum Gasteiger partial charge on any atom is 0.311 e. The molecule has 0 aromatic carbocycles. The highest BCUT2D eigenvalue weighted by atomic mass is 16.9. The first-order chi connectivity index (χ1) is 10.2. The summed E-state index contributed by atoms with van der Waals surface area (Å²) < 4.78 is 10.3. The van der Waals surface area contributed by atoms with Gasteiger partial charge in [-0.2, -0.15) is 0 Å². The molecule has 4 bridgehead atoms. The fourth-order valence-corrected chi connectivity index (χ4v) is 4.24. The third-order valence-electron chi connectivity index (χ3n) is 5.22. The van der Waals surface area contributed by atoms with Gasteiger partial charge in [0, 0.05) is 0 Å². The van der Waals surface area contributed by atoms with Crippen LogP contribution in [-0.2, 0) is 9.47 Å². The van der Waals surface area contributed by atoms with Gasteiger partial charge in [0.15, 0.2) is 18.3 Å². The fourth-order valence-electron chi connectivity index (χ4n) is 4.24. The summed E-state index contributed by atoms with van der Waals surface area (Å²) >= 11 is 0. The number of guanidine groups is 1. The van der Waals surface area contributed by atoms with Crippen LogP contribution in [0.4, 0.5) is 0 Å². The molecular weight excluding hydrogens is 302 g/mol. The first-order valence-corrected chi connectivity index (χ1v) is 6.77. The molecule has 0 radical (unpaired) electrons. The Labute approximate surface area is 123 Å². The summed E-state index contributed by atoms with van der Waals surface area (Å²) in [4.78, 5) is 3.70. The zero-order valence-electron chi connectivity index (χ0n) is 11.2. The molecule has 124 valence electrons. The number of aliphatic hydroxyl groups is 6. The summed E-state index contributed by atoms with van der Waals surface area (Å²) in [5, 5.41) is 64.3. The van der Waals surface area contributed by atoms with Gasteiger partial charge in [-0.15, -0.1) is 0 Å². The van der Waals surface area contributed by atoms with Gasteiger partial charge in [-0.25, -0.2) is 4.99 Å². The van der Waals surface area contributed by atoms with E-state index in [-0.39, 0.29) is 5.96 Å². The molecule has 11 heteroatoms. The van der Waals surface area contributed by atoms with Crippen LogP contribution in [0.15, 0.2) is 4.99 Å². The Morgan fingerprint density at radius 3 is 2.45 bits per heavy atom. The lowest BCUT2D eigenvalue weighted by Crippen LogP contribution is -2.95. The van der Waals surface area contributed by atoms with Crippen molar-refractivity contribution in [1.29, 1.82) is 0 Å². The summed E-state index contributed by atoms with van der Waals surface area (Å²) in [6, 6.07) is 0. The van der Waals surface area contributed by atoms with Crippen LogP contribution >= 0.6 is 0 Å². The minimum Gasteiger partial charge on any atom is -0.393 e. The van der Waals surface area contributed by atoms with Crippen molar-refractivity contribution in [2.24, 2.45) is 16.6 Å². The van der Waals surface area contributed by atoms with E-state index in [1.165, 1.54) is 0 Å². The van der Waals surface area contributed by atoms with Crippen molar-refractivity contribution >= 4 is 5.96 Å². The van der Waals surface area contributed by atoms with Crippen LogP contribution in [0.2, 0.25) is 0 Å². The van der Waals surface area contributed by atoms with Gasteiger partial charge in [0.2, 0.25) is 0 Å². The van der Waals surface area contributed by atoms with Crippen LogP contribution in [0, 0.1) is 5.92 Å². The third-order valence-corrected chi connectivity index (χ3v) is 5.22. The molecule has 5 aliphatic rings. The van der Waals surface area contributed by atoms with E-state index in [0.29, 0.717) is 0 Å². The van der Waals surface area contributed by atoms with Crippen molar-refractivity contribution in [2.75, 3.05) is 6.61 Å². The summed E-state index contributed by atoms with van der Waals surface area (Å²) in [7, 11) is 0. The lowest BCUT2D eigenvalue weighted by molar-refractivity contribution is -0.548. The Morgan fingerprint density at radius 1 is 1.18 bits per heavy atom. The van der Waals surface area contributed by atoms with Crippen molar-refractivity contribution in [3.8, 4) is 0 Å². The second-order valence-corrected chi connectivity index (χ2v) is 6.22. The van der Waals surface area contributed by atoms with Gasteiger partial charge >= 0.3 is 5.97 Å². The van der Waals surface area contributed by atoms with Crippen LogP contribution in [0.1, 0.15) is 0 Å². The second-order valence-electron chi connectivity index (χ2n) is 6.22. The van der Waals surface area contributed by atoms with Gasteiger partial charge in [0.05, 0.1) is 12.5 Å². The molecule has 22 heavy (non-hydrogen) atoms. The third kappa shape index (κ3) is 1.28. The summed E-state index contributed by atoms with van der Waals surface area (Å²) in [5.74, 6) is -3.95. The average Bonchev–Trinajstić information content (AvgIpc) is 2.45. The number of nitrogens with two attached hydrogens (primary N) is 1. The Balaban J connectivity index is 1.95. The van der Waals surface area contributed by atoms with Gasteiger partial charge < -0.3 is 51.2 Å². The van der Waals surface area contributed by atoms with E-state index >= 15 is 0 Å². The zero-order chi connectivity index (χ0) is 16.1. The van der Waals surface area contributed by atoms with E-state index < -0.39 is 60.3 Å². The Morgan fingerprint density at radius 2 is 1.82 bits per heavy atom. The smallest absolute Gasteiger partial charge is 0.311 e. The van der Waals surface area contributed by atoms with Crippen LogP contribution < -0.4 is 11.1 Å². The molecule has 11 nitrogen and oxygen atoms in total. The van der Waals surface area contributed by atoms with E-state index in [1.54, 1.807) is 0 Å². The maximum absolute atomic E-state index is 10.6. The first-order valence-electron chi connectivity index (χ1n) is 6.77. The summed E-state index contributed by atoms with van der Waals surface area (Å²) in [5.41, 5.74) is 1.74. The highest BCUT2D eigenvalue weighted by Gasteiger charge is 2.82. The molecule has 4 aliphatic heterocycles. The van der Waals surface area contributed by atoms with Gasteiger partial charge in [-0.1, -0.05) is 0 Å². The lowest BCUT2D eigenvalue weighted by Gasteiger charge is -2.71. The van der Waals surface area contributed by atoms with Gasteiger partial charge in [0.1, 0.15) is 29.5 Å². The predicted molar refractivity (Wildman–Crippen MR) is 65.7 cm³/mol. The number of hydrogen-bond donors (Lipinski definition) is 8.